The maximum absolute atomic E-state index is 5.64. The summed E-state index contributed by atoms with van der Waals surface area (Å²) in [6, 6.07) is 0. The monoisotopic (exact) mass is 213 g/mol. The van der Waals surface area contributed by atoms with Gasteiger partial charge in [0.1, 0.15) is 0 Å². The minimum atomic E-state index is 0.527. The van der Waals surface area contributed by atoms with Gasteiger partial charge in [-0.05, 0) is 6.26 Å². The fourth-order valence-corrected chi connectivity index (χ4v) is 2.83. The molecule has 1 aromatic rings. The Morgan fingerprint density at radius 2 is 2.31 bits per heavy atom. The van der Waals surface area contributed by atoms with E-state index in [2.05, 4.69) is 9.97 Å². The van der Waals surface area contributed by atoms with Crippen LogP contribution in [0.1, 0.15) is 17.0 Å². The number of rotatable bonds is 2. The van der Waals surface area contributed by atoms with Gasteiger partial charge in [-0.1, -0.05) is 11.8 Å². The molecule has 3 nitrogen and oxygen atoms in total. The third-order valence-corrected chi connectivity index (χ3v) is 3.54. The Labute approximate surface area is 85.9 Å². The van der Waals surface area contributed by atoms with Gasteiger partial charge in [0.05, 0.1) is 11.4 Å². The van der Waals surface area contributed by atoms with Crippen LogP contribution in [0.2, 0.25) is 0 Å². The smallest absolute Gasteiger partial charge is 0.187 e. The Kier molecular flexibility index (Phi) is 2.76. The van der Waals surface area contributed by atoms with Crippen LogP contribution < -0.4 is 5.73 Å². The van der Waals surface area contributed by atoms with Crippen LogP contribution in [0.4, 0.5) is 0 Å². The highest BCUT2D eigenvalue weighted by molar-refractivity contribution is 7.98. The molecule has 70 valence electrons. The van der Waals surface area contributed by atoms with E-state index in [1.54, 1.807) is 11.8 Å². The summed E-state index contributed by atoms with van der Waals surface area (Å²) < 4.78 is 0. The molecule has 2 N–H and O–H groups in total. The average molecular weight is 213 g/mol. The lowest BCUT2D eigenvalue weighted by molar-refractivity contribution is 0.836. The zero-order valence-electron chi connectivity index (χ0n) is 7.41. The first-order chi connectivity index (χ1) is 6.35. The Morgan fingerprint density at radius 3 is 3.00 bits per heavy atom. The average Bonchev–Trinajstić information content (AvgIpc) is 2.63. The van der Waals surface area contributed by atoms with Gasteiger partial charge < -0.3 is 5.73 Å². The van der Waals surface area contributed by atoms with Gasteiger partial charge in [-0.25, -0.2) is 9.97 Å². The second-order valence-corrected chi connectivity index (χ2v) is 4.54. The highest BCUT2D eigenvalue weighted by atomic mass is 32.2. The molecule has 0 unspecified atom stereocenters. The van der Waals surface area contributed by atoms with E-state index in [-0.39, 0.29) is 0 Å². The van der Waals surface area contributed by atoms with Crippen LogP contribution in [-0.4, -0.2) is 16.2 Å². The maximum Gasteiger partial charge on any atom is 0.187 e. The first kappa shape index (κ1) is 9.30. The predicted octanol–water partition coefficient (Wildman–Crippen LogP) is 1.40. The lowest BCUT2D eigenvalue weighted by atomic mass is 10.2. The van der Waals surface area contributed by atoms with Gasteiger partial charge in [-0.15, -0.1) is 0 Å². The van der Waals surface area contributed by atoms with Crippen molar-refractivity contribution < 1.29 is 0 Å². The van der Waals surface area contributed by atoms with Crippen LogP contribution in [0.5, 0.6) is 0 Å². The summed E-state index contributed by atoms with van der Waals surface area (Å²) in [5.41, 5.74) is 9.12. The van der Waals surface area contributed by atoms with Gasteiger partial charge in [0.2, 0.25) is 0 Å². The third-order valence-electron chi connectivity index (χ3n) is 2.02. The number of thioether (sulfide) groups is 2. The number of nitrogens with zero attached hydrogens (tertiary/aromatic N) is 2. The van der Waals surface area contributed by atoms with E-state index in [0.717, 1.165) is 22.4 Å². The second-order valence-electron chi connectivity index (χ2n) is 2.78. The summed E-state index contributed by atoms with van der Waals surface area (Å²) in [5.74, 6) is 2.04. The molecule has 0 amide bonds. The van der Waals surface area contributed by atoms with Crippen molar-refractivity contribution in [1.29, 1.82) is 0 Å². The van der Waals surface area contributed by atoms with Crippen LogP contribution in [0.25, 0.3) is 0 Å². The predicted molar refractivity (Wildman–Crippen MR) is 56.7 cm³/mol. The fraction of sp³-hybridized carbons (Fsp3) is 0.500. The molecule has 1 aliphatic rings. The van der Waals surface area contributed by atoms with Gasteiger partial charge in [0.25, 0.3) is 0 Å². The summed E-state index contributed by atoms with van der Waals surface area (Å²) >= 11 is 3.46. The first-order valence-electron chi connectivity index (χ1n) is 4.05. The molecule has 0 radical (unpaired) electrons. The zero-order chi connectivity index (χ0) is 9.26. The Hall–Kier alpha value is -0.260. The molecule has 0 spiro atoms. The number of aromatic nitrogens is 2. The van der Waals surface area contributed by atoms with Crippen molar-refractivity contribution in [2.45, 2.75) is 23.2 Å². The molecule has 0 fully saturated rings. The molecule has 0 aromatic carbocycles. The van der Waals surface area contributed by atoms with Crippen molar-refractivity contribution in [3.63, 3.8) is 0 Å². The molecule has 0 bridgehead atoms. The molecule has 1 aromatic heterocycles. The van der Waals surface area contributed by atoms with Crippen molar-refractivity contribution in [3.8, 4) is 0 Å². The zero-order valence-corrected chi connectivity index (χ0v) is 9.04. The van der Waals surface area contributed by atoms with Crippen LogP contribution in [0, 0.1) is 0 Å². The van der Waals surface area contributed by atoms with Crippen LogP contribution in [0.3, 0.4) is 0 Å². The number of hydrogen-bond donors (Lipinski definition) is 1. The first-order valence-corrected chi connectivity index (χ1v) is 6.43. The highest BCUT2D eigenvalue weighted by Gasteiger charge is 2.18. The molecule has 2 rings (SSSR count). The van der Waals surface area contributed by atoms with Crippen molar-refractivity contribution in [2.24, 2.45) is 5.73 Å². The number of hydrogen-bond acceptors (Lipinski definition) is 5. The van der Waals surface area contributed by atoms with E-state index in [1.807, 2.05) is 18.0 Å². The number of fused-ring (bicyclic) bond motifs is 1. The van der Waals surface area contributed by atoms with Crippen molar-refractivity contribution in [3.05, 3.63) is 17.0 Å². The van der Waals surface area contributed by atoms with Gasteiger partial charge in [0, 0.05) is 23.6 Å². The normalized spacial score (nSPS) is 14.6. The topological polar surface area (TPSA) is 51.8 Å². The van der Waals surface area contributed by atoms with Gasteiger partial charge in [-0.3, -0.25) is 0 Å². The molecular weight excluding hydrogens is 202 g/mol. The minimum Gasteiger partial charge on any atom is -0.325 e. The summed E-state index contributed by atoms with van der Waals surface area (Å²) in [7, 11) is 0. The second kappa shape index (κ2) is 3.86. The fourth-order valence-electron chi connectivity index (χ4n) is 1.35. The third kappa shape index (κ3) is 1.68. The lowest BCUT2D eigenvalue weighted by Gasteiger charge is -2.05. The Bertz CT molecular complexity index is 327. The molecule has 13 heavy (non-hydrogen) atoms. The SMILES string of the molecule is CSc1nc(CN)c2c(n1)CSC2. The van der Waals surface area contributed by atoms with E-state index in [4.69, 9.17) is 5.73 Å². The van der Waals surface area contributed by atoms with Gasteiger partial charge >= 0.3 is 0 Å². The molecule has 2 heterocycles. The van der Waals surface area contributed by atoms with E-state index >= 15 is 0 Å². The Morgan fingerprint density at radius 1 is 1.46 bits per heavy atom. The molecule has 5 heteroatoms. The maximum atomic E-state index is 5.64. The van der Waals surface area contributed by atoms with Crippen molar-refractivity contribution in [1.82, 2.24) is 9.97 Å². The van der Waals surface area contributed by atoms with E-state index in [9.17, 15) is 0 Å². The van der Waals surface area contributed by atoms with Gasteiger partial charge in [0.15, 0.2) is 5.16 Å². The Balaban J connectivity index is 2.49. The van der Waals surface area contributed by atoms with E-state index in [1.165, 1.54) is 11.3 Å². The van der Waals surface area contributed by atoms with Crippen LogP contribution in [0.15, 0.2) is 5.16 Å². The summed E-state index contributed by atoms with van der Waals surface area (Å²) in [6.07, 6.45) is 1.99. The largest absolute Gasteiger partial charge is 0.325 e. The molecule has 0 atom stereocenters. The summed E-state index contributed by atoms with van der Waals surface area (Å²) in [4.78, 5) is 8.85. The van der Waals surface area contributed by atoms with E-state index < -0.39 is 0 Å². The van der Waals surface area contributed by atoms with Crippen LogP contribution >= 0.6 is 23.5 Å². The summed E-state index contributed by atoms with van der Waals surface area (Å²) in [5, 5.41) is 0.849. The molecule has 0 saturated carbocycles. The summed E-state index contributed by atoms with van der Waals surface area (Å²) in [6.45, 7) is 0.527. The molecule has 0 saturated heterocycles. The highest BCUT2D eigenvalue weighted by Crippen LogP contribution is 2.31. The van der Waals surface area contributed by atoms with Crippen molar-refractivity contribution >= 4 is 23.5 Å². The van der Waals surface area contributed by atoms with Gasteiger partial charge in [-0.2, -0.15) is 11.8 Å². The molecule has 1 aliphatic heterocycles. The number of nitrogens with two attached hydrogens (primary N) is 1. The van der Waals surface area contributed by atoms with E-state index in [0.29, 0.717) is 6.54 Å². The molecular formula is C8H11N3S2. The lowest BCUT2D eigenvalue weighted by Crippen LogP contribution is -2.07. The van der Waals surface area contributed by atoms with Crippen molar-refractivity contribution in [2.75, 3.05) is 6.26 Å². The standard InChI is InChI=1S/C8H11N3S2/c1-12-8-10-6(2-9)5-3-13-4-7(5)11-8/h2-4,9H2,1H3. The quantitative estimate of drug-likeness (QED) is 0.594. The molecule has 0 aliphatic carbocycles. The van der Waals surface area contributed by atoms with Crippen LogP contribution in [-0.2, 0) is 18.1 Å². The minimum absolute atomic E-state index is 0.527.